The Hall–Kier alpha value is -2.17. The van der Waals surface area contributed by atoms with Crippen LogP contribution in [0.4, 0.5) is 0 Å². The average molecular weight is 328 g/mol. The highest BCUT2D eigenvalue weighted by atomic mass is 16.5. The Morgan fingerprint density at radius 3 is 2.33 bits per heavy atom. The number of carbonyl (C=O) groups is 1. The minimum atomic E-state index is -0.0963. The quantitative estimate of drug-likeness (QED) is 0.589. The lowest BCUT2D eigenvalue weighted by atomic mass is 10.2. The molecule has 0 saturated heterocycles. The molecule has 4 heteroatoms. The predicted octanol–water partition coefficient (Wildman–Crippen LogP) is 3.78. The third-order valence-electron chi connectivity index (χ3n) is 3.67. The minimum Gasteiger partial charge on any atom is -0.497 e. The van der Waals surface area contributed by atoms with Crippen LogP contribution < -0.4 is 4.74 Å². The van der Waals surface area contributed by atoms with Crippen LogP contribution in [0.15, 0.2) is 54.6 Å². The smallest absolute Gasteiger partial charge is 0.120 e. The molecule has 0 N–H and O–H groups in total. The first-order chi connectivity index (χ1) is 11.8. The summed E-state index contributed by atoms with van der Waals surface area (Å²) < 4.78 is 16.8. The van der Waals surface area contributed by atoms with E-state index in [9.17, 15) is 4.79 Å². The van der Waals surface area contributed by atoms with Gasteiger partial charge in [-0.05, 0) is 29.7 Å². The highest BCUT2D eigenvalue weighted by Crippen LogP contribution is 2.14. The van der Waals surface area contributed by atoms with Gasteiger partial charge >= 0.3 is 0 Å². The Kier molecular flexibility index (Phi) is 8.01. The topological polar surface area (TPSA) is 44.8 Å². The maximum absolute atomic E-state index is 10.6. The van der Waals surface area contributed by atoms with E-state index in [4.69, 9.17) is 14.2 Å². The van der Waals surface area contributed by atoms with Crippen LogP contribution in [0.25, 0.3) is 0 Å². The molecule has 4 nitrogen and oxygen atoms in total. The fraction of sp³-hybridized carbons (Fsp3) is 0.350. The van der Waals surface area contributed by atoms with E-state index in [0.29, 0.717) is 32.7 Å². The Morgan fingerprint density at radius 2 is 1.67 bits per heavy atom. The van der Waals surface area contributed by atoms with Crippen molar-refractivity contribution in [3.63, 3.8) is 0 Å². The van der Waals surface area contributed by atoms with Crippen molar-refractivity contribution in [2.75, 3.05) is 13.7 Å². The van der Waals surface area contributed by atoms with Crippen molar-refractivity contribution in [3.05, 3.63) is 65.7 Å². The molecule has 0 saturated carbocycles. The van der Waals surface area contributed by atoms with Crippen molar-refractivity contribution in [2.24, 2.45) is 0 Å². The summed E-state index contributed by atoms with van der Waals surface area (Å²) in [5.41, 5.74) is 2.19. The van der Waals surface area contributed by atoms with E-state index in [1.807, 2.05) is 54.6 Å². The fourth-order valence-corrected chi connectivity index (χ4v) is 2.29. The first kappa shape index (κ1) is 18.2. The van der Waals surface area contributed by atoms with Gasteiger partial charge in [0.1, 0.15) is 12.0 Å². The second-order valence-corrected chi connectivity index (χ2v) is 5.53. The van der Waals surface area contributed by atoms with Crippen molar-refractivity contribution < 1.29 is 19.0 Å². The molecule has 0 bridgehead atoms. The molecule has 2 rings (SSSR count). The zero-order valence-electron chi connectivity index (χ0n) is 14.0. The number of rotatable bonds is 11. The number of ether oxygens (including phenoxy) is 3. The second kappa shape index (κ2) is 10.6. The van der Waals surface area contributed by atoms with Gasteiger partial charge in [0.15, 0.2) is 0 Å². The number of hydrogen-bond donors (Lipinski definition) is 0. The summed E-state index contributed by atoms with van der Waals surface area (Å²) >= 11 is 0. The van der Waals surface area contributed by atoms with Crippen molar-refractivity contribution in [2.45, 2.75) is 32.2 Å². The van der Waals surface area contributed by atoms with Crippen LogP contribution in [0.1, 0.15) is 24.0 Å². The van der Waals surface area contributed by atoms with Crippen LogP contribution in [-0.2, 0) is 27.5 Å². The highest BCUT2D eigenvalue weighted by molar-refractivity contribution is 5.49. The minimum absolute atomic E-state index is 0.0963. The van der Waals surface area contributed by atoms with E-state index in [-0.39, 0.29) is 6.10 Å². The maximum atomic E-state index is 10.6. The van der Waals surface area contributed by atoms with Gasteiger partial charge in [-0.3, -0.25) is 0 Å². The Labute approximate surface area is 143 Å². The number of methoxy groups -OCH3 is 1. The Balaban J connectivity index is 1.79. The zero-order chi connectivity index (χ0) is 17.0. The molecule has 0 aliphatic rings. The van der Waals surface area contributed by atoms with Gasteiger partial charge in [0, 0.05) is 6.42 Å². The van der Waals surface area contributed by atoms with Crippen LogP contribution in [0, 0.1) is 0 Å². The van der Waals surface area contributed by atoms with Crippen LogP contribution in [0.5, 0.6) is 5.75 Å². The molecule has 0 amide bonds. The van der Waals surface area contributed by atoms with Crippen molar-refractivity contribution in [1.29, 1.82) is 0 Å². The van der Waals surface area contributed by atoms with Crippen LogP contribution in [0.3, 0.4) is 0 Å². The summed E-state index contributed by atoms with van der Waals surface area (Å²) in [7, 11) is 1.64. The largest absolute Gasteiger partial charge is 0.497 e. The Bertz CT molecular complexity index is 580. The zero-order valence-corrected chi connectivity index (χ0v) is 14.0. The molecule has 0 unspecified atom stereocenters. The lowest BCUT2D eigenvalue weighted by molar-refractivity contribution is -0.109. The molecule has 2 aromatic carbocycles. The summed E-state index contributed by atoms with van der Waals surface area (Å²) in [6.07, 6.45) is 1.96. The lowest BCUT2D eigenvalue weighted by Crippen LogP contribution is -2.20. The van der Waals surface area contributed by atoms with E-state index >= 15 is 0 Å². The third-order valence-corrected chi connectivity index (χ3v) is 3.67. The van der Waals surface area contributed by atoms with Crippen LogP contribution >= 0.6 is 0 Å². The van der Waals surface area contributed by atoms with Gasteiger partial charge in [-0.25, -0.2) is 0 Å². The van der Waals surface area contributed by atoms with Crippen molar-refractivity contribution in [1.82, 2.24) is 0 Å². The normalized spacial score (nSPS) is 11.9. The van der Waals surface area contributed by atoms with E-state index < -0.39 is 0 Å². The number of benzene rings is 2. The van der Waals surface area contributed by atoms with Gasteiger partial charge in [0.25, 0.3) is 0 Å². The first-order valence-electron chi connectivity index (χ1n) is 8.11. The molecule has 24 heavy (non-hydrogen) atoms. The molecule has 1 atom stereocenters. The monoisotopic (exact) mass is 328 g/mol. The molecule has 0 aliphatic carbocycles. The highest BCUT2D eigenvalue weighted by Gasteiger charge is 2.10. The van der Waals surface area contributed by atoms with Gasteiger partial charge < -0.3 is 19.0 Å². The molecular formula is C20H24O4. The maximum Gasteiger partial charge on any atom is 0.120 e. The number of carbonyl (C=O) groups excluding carboxylic acids is 1. The molecule has 128 valence electrons. The standard InChI is InChI=1S/C20H24O4/c1-22-19-11-9-18(10-12-19)15-24-20(8-5-13-21)16-23-14-17-6-3-2-4-7-17/h2-4,6-7,9-13,20H,5,8,14-16H2,1H3/t20-/m1/s1. The summed E-state index contributed by atoms with van der Waals surface area (Å²) in [5, 5.41) is 0. The van der Waals surface area contributed by atoms with E-state index in [1.165, 1.54) is 0 Å². The predicted molar refractivity (Wildman–Crippen MR) is 93.0 cm³/mol. The van der Waals surface area contributed by atoms with Gasteiger partial charge in [-0.15, -0.1) is 0 Å². The van der Waals surface area contributed by atoms with Gasteiger partial charge in [-0.2, -0.15) is 0 Å². The van der Waals surface area contributed by atoms with Gasteiger partial charge in [0.05, 0.1) is 33.0 Å². The molecule has 0 aromatic heterocycles. The summed E-state index contributed by atoms with van der Waals surface area (Å²) in [6.45, 7) is 1.51. The molecule has 0 heterocycles. The molecule has 0 fully saturated rings. The SMILES string of the molecule is COc1ccc(CO[C@H](CCC=O)COCc2ccccc2)cc1. The van der Waals surface area contributed by atoms with Gasteiger partial charge in [-0.1, -0.05) is 42.5 Å². The van der Waals surface area contributed by atoms with Crippen molar-refractivity contribution in [3.8, 4) is 5.75 Å². The third kappa shape index (κ3) is 6.52. The van der Waals surface area contributed by atoms with Crippen LogP contribution in [0.2, 0.25) is 0 Å². The van der Waals surface area contributed by atoms with E-state index in [0.717, 1.165) is 23.2 Å². The molecule has 0 spiro atoms. The fourth-order valence-electron chi connectivity index (χ4n) is 2.29. The summed E-state index contributed by atoms with van der Waals surface area (Å²) in [6, 6.07) is 17.8. The first-order valence-corrected chi connectivity index (χ1v) is 8.11. The number of hydrogen-bond acceptors (Lipinski definition) is 4. The van der Waals surface area contributed by atoms with Gasteiger partial charge in [0.2, 0.25) is 0 Å². The van der Waals surface area contributed by atoms with E-state index in [2.05, 4.69) is 0 Å². The second-order valence-electron chi connectivity index (χ2n) is 5.53. The van der Waals surface area contributed by atoms with Crippen molar-refractivity contribution >= 4 is 6.29 Å². The average Bonchev–Trinajstić information content (AvgIpc) is 2.64. The lowest BCUT2D eigenvalue weighted by Gasteiger charge is -2.17. The van der Waals surface area contributed by atoms with Crippen LogP contribution in [-0.4, -0.2) is 26.1 Å². The Morgan fingerprint density at radius 1 is 0.958 bits per heavy atom. The number of aldehydes is 1. The molecule has 0 radical (unpaired) electrons. The summed E-state index contributed by atoms with van der Waals surface area (Å²) in [4.78, 5) is 10.6. The molecule has 2 aromatic rings. The summed E-state index contributed by atoms with van der Waals surface area (Å²) in [5.74, 6) is 0.822. The molecular weight excluding hydrogens is 304 g/mol. The molecule has 0 aliphatic heterocycles. The van der Waals surface area contributed by atoms with E-state index in [1.54, 1.807) is 7.11 Å².